The average Bonchev–Trinajstić information content (AvgIpc) is 2.37. The molecule has 0 amide bonds. The molecular weight excluding hydrogens is 148 g/mol. The molecule has 1 unspecified atom stereocenters. The number of hydrogen-bond acceptors (Lipinski definition) is 2. The zero-order chi connectivity index (χ0) is 9.14. The molecular formula is C10H22N2. The van der Waals surface area contributed by atoms with Crippen molar-refractivity contribution in [2.24, 2.45) is 11.7 Å². The fraction of sp³-hybridized carbons (Fsp3) is 1.00. The summed E-state index contributed by atoms with van der Waals surface area (Å²) in [6.45, 7) is 9.19. The maximum atomic E-state index is 5.88. The van der Waals surface area contributed by atoms with Crippen molar-refractivity contribution in [1.82, 2.24) is 4.90 Å². The number of rotatable bonds is 3. The molecule has 2 nitrogen and oxygen atoms in total. The maximum Gasteiger partial charge on any atom is 0.0180 e. The van der Waals surface area contributed by atoms with Gasteiger partial charge in [-0.3, -0.25) is 4.90 Å². The van der Waals surface area contributed by atoms with Gasteiger partial charge in [0.15, 0.2) is 0 Å². The van der Waals surface area contributed by atoms with E-state index in [0.717, 1.165) is 18.5 Å². The van der Waals surface area contributed by atoms with Crippen molar-refractivity contribution >= 4 is 0 Å². The highest BCUT2D eigenvalue weighted by atomic mass is 15.2. The standard InChI is InChI=1S/C10H22N2/c1-4-10(8(2)3)12-6-5-9(11)7-12/h8-10H,4-7,11H2,1-3H3/t9-,10?/m1/s1. The molecule has 1 rings (SSSR count). The van der Waals surface area contributed by atoms with Crippen molar-refractivity contribution in [2.75, 3.05) is 13.1 Å². The number of nitrogens with zero attached hydrogens (tertiary/aromatic N) is 1. The molecule has 2 N–H and O–H groups in total. The van der Waals surface area contributed by atoms with E-state index >= 15 is 0 Å². The van der Waals surface area contributed by atoms with Crippen LogP contribution in [0, 0.1) is 5.92 Å². The second-order valence-corrected chi connectivity index (χ2v) is 4.26. The van der Waals surface area contributed by atoms with E-state index < -0.39 is 0 Å². The minimum Gasteiger partial charge on any atom is -0.326 e. The predicted molar refractivity (Wildman–Crippen MR) is 53.1 cm³/mol. The van der Waals surface area contributed by atoms with Crippen molar-refractivity contribution < 1.29 is 0 Å². The predicted octanol–water partition coefficient (Wildman–Crippen LogP) is 1.45. The third-order valence-corrected chi connectivity index (χ3v) is 2.91. The Labute approximate surface area is 76.1 Å². The summed E-state index contributed by atoms with van der Waals surface area (Å²) < 4.78 is 0. The Morgan fingerprint density at radius 2 is 2.17 bits per heavy atom. The first kappa shape index (κ1) is 10.0. The average molecular weight is 170 g/mol. The Hall–Kier alpha value is -0.0800. The molecule has 12 heavy (non-hydrogen) atoms. The third-order valence-electron chi connectivity index (χ3n) is 2.91. The zero-order valence-corrected chi connectivity index (χ0v) is 8.59. The first-order chi connectivity index (χ1) is 5.65. The second-order valence-electron chi connectivity index (χ2n) is 4.26. The van der Waals surface area contributed by atoms with Crippen LogP contribution in [0.1, 0.15) is 33.6 Å². The van der Waals surface area contributed by atoms with Gasteiger partial charge in [-0.2, -0.15) is 0 Å². The highest BCUT2D eigenvalue weighted by molar-refractivity contribution is 4.83. The van der Waals surface area contributed by atoms with Crippen LogP contribution in [-0.2, 0) is 0 Å². The summed E-state index contributed by atoms with van der Waals surface area (Å²) in [6, 6.07) is 1.18. The molecule has 0 radical (unpaired) electrons. The van der Waals surface area contributed by atoms with Gasteiger partial charge in [0.05, 0.1) is 0 Å². The van der Waals surface area contributed by atoms with Crippen LogP contribution in [0.15, 0.2) is 0 Å². The van der Waals surface area contributed by atoms with Gasteiger partial charge in [0, 0.05) is 25.2 Å². The van der Waals surface area contributed by atoms with E-state index in [1.165, 1.54) is 19.4 Å². The van der Waals surface area contributed by atoms with E-state index in [1.54, 1.807) is 0 Å². The Balaban J connectivity index is 2.44. The van der Waals surface area contributed by atoms with E-state index in [4.69, 9.17) is 5.73 Å². The summed E-state index contributed by atoms with van der Waals surface area (Å²) in [4.78, 5) is 2.55. The monoisotopic (exact) mass is 170 g/mol. The lowest BCUT2D eigenvalue weighted by Gasteiger charge is -2.29. The van der Waals surface area contributed by atoms with Crippen LogP contribution in [0.2, 0.25) is 0 Å². The van der Waals surface area contributed by atoms with Gasteiger partial charge < -0.3 is 5.73 Å². The molecule has 2 atom stereocenters. The van der Waals surface area contributed by atoms with Crippen molar-refractivity contribution in [1.29, 1.82) is 0 Å². The number of nitrogens with two attached hydrogens (primary N) is 1. The van der Waals surface area contributed by atoms with Crippen molar-refractivity contribution in [3.63, 3.8) is 0 Å². The Morgan fingerprint density at radius 1 is 1.50 bits per heavy atom. The summed E-state index contributed by atoms with van der Waals surface area (Å²) in [5, 5.41) is 0. The number of likely N-dealkylation sites (tertiary alicyclic amines) is 1. The largest absolute Gasteiger partial charge is 0.326 e. The molecule has 0 spiro atoms. The molecule has 1 heterocycles. The molecule has 1 saturated heterocycles. The van der Waals surface area contributed by atoms with Gasteiger partial charge in [0.1, 0.15) is 0 Å². The van der Waals surface area contributed by atoms with Crippen LogP contribution in [0.5, 0.6) is 0 Å². The molecule has 1 aliphatic heterocycles. The van der Waals surface area contributed by atoms with Gasteiger partial charge in [-0.1, -0.05) is 20.8 Å². The highest BCUT2D eigenvalue weighted by Crippen LogP contribution is 2.19. The molecule has 1 aliphatic rings. The number of hydrogen-bond donors (Lipinski definition) is 1. The lowest BCUT2D eigenvalue weighted by atomic mass is 10.0. The third kappa shape index (κ3) is 2.20. The van der Waals surface area contributed by atoms with Gasteiger partial charge >= 0.3 is 0 Å². The molecule has 0 aromatic rings. The van der Waals surface area contributed by atoms with E-state index in [2.05, 4.69) is 25.7 Å². The molecule has 0 saturated carbocycles. The fourth-order valence-electron chi connectivity index (χ4n) is 2.27. The van der Waals surface area contributed by atoms with E-state index in [-0.39, 0.29) is 0 Å². The van der Waals surface area contributed by atoms with Crippen LogP contribution in [0.25, 0.3) is 0 Å². The molecule has 0 bridgehead atoms. The quantitative estimate of drug-likeness (QED) is 0.694. The summed E-state index contributed by atoms with van der Waals surface area (Å²) in [5.41, 5.74) is 5.88. The smallest absolute Gasteiger partial charge is 0.0180 e. The molecule has 0 aromatic heterocycles. The fourth-order valence-corrected chi connectivity index (χ4v) is 2.27. The zero-order valence-electron chi connectivity index (χ0n) is 8.59. The topological polar surface area (TPSA) is 29.3 Å². The molecule has 0 aliphatic carbocycles. The van der Waals surface area contributed by atoms with Crippen LogP contribution in [-0.4, -0.2) is 30.1 Å². The minimum absolute atomic E-state index is 0.429. The van der Waals surface area contributed by atoms with Crippen LogP contribution in [0.3, 0.4) is 0 Å². The van der Waals surface area contributed by atoms with E-state index in [1.807, 2.05) is 0 Å². The summed E-state index contributed by atoms with van der Waals surface area (Å²) in [6.07, 6.45) is 2.44. The summed E-state index contributed by atoms with van der Waals surface area (Å²) >= 11 is 0. The van der Waals surface area contributed by atoms with Crippen LogP contribution in [0.4, 0.5) is 0 Å². The Kier molecular flexibility index (Phi) is 3.53. The Morgan fingerprint density at radius 3 is 2.50 bits per heavy atom. The molecule has 0 aromatic carbocycles. The normalized spacial score (nSPS) is 28.2. The first-order valence-corrected chi connectivity index (χ1v) is 5.14. The lowest BCUT2D eigenvalue weighted by Crippen LogP contribution is -2.38. The highest BCUT2D eigenvalue weighted by Gasteiger charge is 2.26. The summed E-state index contributed by atoms with van der Waals surface area (Å²) in [5.74, 6) is 0.764. The van der Waals surface area contributed by atoms with Gasteiger partial charge in [-0.05, 0) is 18.8 Å². The van der Waals surface area contributed by atoms with Crippen molar-refractivity contribution in [3.8, 4) is 0 Å². The summed E-state index contributed by atoms with van der Waals surface area (Å²) in [7, 11) is 0. The first-order valence-electron chi connectivity index (χ1n) is 5.14. The van der Waals surface area contributed by atoms with E-state index in [9.17, 15) is 0 Å². The van der Waals surface area contributed by atoms with Crippen molar-refractivity contribution in [3.05, 3.63) is 0 Å². The van der Waals surface area contributed by atoms with Gasteiger partial charge in [0.25, 0.3) is 0 Å². The van der Waals surface area contributed by atoms with E-state index in [0.29, 0.717) is 6.04 Å². The van der Waals surface area contributed by atoms with Crippen molar-refractivity contribution in [2.45, 2.75) is 45.7 Å². The van der Waals surface area contributed by atoms with Gasteiger partial charge in [0.2, 0.25) is 0 Å². The lowest BCUT2D eigenvalue weighted by molar-refractivity contribution is 0.184. The van der Waals surface area contributed by atoms with Crippen LogP contribution >= 0.6 is 0 Å². The second kappa shape index (κ2) is 4.24. The maximum absolute atomic E-state index is 5.88. The molecule has 72 valence electrons. The van der Waals surface area contributed by atoms with Gasteiger partial charge in [-0.15, -0.1) is 0 Å². The molecule has 2 heteroatoms. The van der Waals surface area contributed by atoms with Crippen LogP contribution < -0.4 is 5.73 Å². The minimum atomic E-state index is 0.429. The van der Waals surface area contributed by atoms with Gasteiger partial charge in [-0.25, -0.2) is 0 Å². The SMILES string of the molecule is CCC(C(C)C)N1CC[C@@H](N)C1. The Bertz CT molecular complexity index is 134. The molecule has 1 fully saturated rings.